The van der Waals surface area contributed by atoms with Crippen LogP contribution in [0.25, 0.3) is 22.3 Å². The highest BCUT2D eigenvalue weighted by Gasteiger charge is 2.46. The molecule has 0 bridgehead atoms. The highest BCUT2D eigenvalue weighted by atomic mass is 19.1. The number of primary amides is 1. The number of carbonyl (C=O) groups is 7. The molecule has 5 amide bonds. The maximum absolute atomic E-state index is 15.7. The number of hydrogen-bond donors (Lipinski definition) is 7. The van der Waals surface area contributed by atoms with Crippen LogP contribution < -0.4 is 33.0 Å². The number of carbonyl (C=O) groups excluding carboxylic acids is 6. The molecule has 0 radical (unpaired) electrons. The smallest absolute Gasteiger partial charge is 0.343 e. The van der Waals surface area contributed by atoms with E-state index in [1.807, 2.05) is 0 Å². The van der Waals surface area contributed by atoms with Crippen LogP contribution in [-0.4, -0.2) is 123 Å². The fourth-order valence-corrected chi connectivity index (χ4v) is 9.11. The van der Waals surface area contributed by atoms with Crippen molar-refractivity contribution in [2.24, 2.45) is 11.5 Å². The van der Waals surface area contributed by atoms with Gasteiger partial charge in [-0.3, -0.25) is 38.5 Å². The molecule has 0 spiro atoms. The zero-order valence-corrected chi connectivity index (χ0v) is 36.3. The van der Waals surface area contributed by atoms with Crippen molar-refractivity contribution < 1.29 is 52.9 Å². The zero-order chi connectivity index (χ0) is 47.6. The van der Waals surface area contributed by atoms with E-state index in [1.165, 1.54) is 26.5 Å². The Hall–Kier alpha value is -7.10. The van der Waals surface area contributed by atoms with E-state index in [2.05, 4.69) is 16.0 Å². The summed E-state index contributed by atoms with van der Waals surface area (Å²) in [5.41, 5.74) is 12.1. The lowest BCUT2D eigenvalue weighted by molar-refractivity contribution is -0.172. The number of nitrogens with zero attached hydrogens (tertiary/aromatic N) is 4. The van der Waals surface area contributed by atoms with E-state index in [0.717, 1.165) is 0 Å². The van der Waals surface area contributed by atoms with E-state index >= 15 is 9.18 Å². The Kier molecular flexibility index (Phi) is 13.6. The van der Waals surface area contributed by atoms with Gasteiger partial charge in [-0.15, -0.1) is 0 Å². The molecule has 0 saturated heterocycles. The number of ether oxygens (including phenoxy) is 1. The molecule has 66 heavy (non-hydrogen) atoms. The van der Waals surface area contributed by atoms with E-state index in [9.17, 15) is 38.7 Å². The molecular formula is C45H50FN9O11. The number of pyridine rings is 2. The number of amides is 5. The van der Waals surface area contributed by atoms with Gasteiger partial charge in [-0.05, 0) is 54.5 Å². The largest absolute Gasteiger partial charge is 0.480 e. The monoisotopic (exact) mass is 911 g/mol. The number of aliphatic hydroxyl groups is 1. The highest BCUT2D eigenvalue weighted by molar-refractivity contribution is 5.96. The summed E-state index contributed by atoms with van der Waals surface area (Å²) in [7, 11) is 0. The summed E-state index contributed by atoms with van der Waals surface area (Å²) < 4.78 is 22.3. The lowest BCUT2D eigenvalue weighted by atomic mass is 9.80. The van der Waals surface area contributed by atoms with Crippen LogP contribution in [0.4, 0.5) is 4.39 Å². The van der Waals surface area contributed by atoms with Crippen molar-refractivity contribution in [2.45, 2.75) is 70.4 Å². The molecule has 2 aliphatic heterocycles. The number of nitrogens with two attached hydrogens (primary N) is 2. The third-order valence-corrected chi connectivity index (χ3v) is 12.3. The van der Waals surface area contributed by atoms with Gasteiger partial charge in [0.05, 0.1) is 67.8 Å². The first kappa shape index (κ1) is 46.9. The number of nitrogens with one attached hydrogen (secondary N) is 3. The highest BCUT2D eigenvalue weighted by Crippen LogP contribution is 2.47. The van der Waals surface area contributed by atoms with Crippen molar-refractivity contribution >= 4 is 52.4 Å². The summed E-state index contributed by atoms with van der Waals surface area (Å²) in [5, 5.41) is 28.5. The number of halogens is 1. The van der Waals surface area contributed by atoms with Crippen molar-refractivity contribution in [1.82, 2.24) is 35.3 Å². The van der Waals surface area contributed by atoms with Crippen molar-refractivity contribution in [3.63, 3.8) is 0 Å². The van der Waals surface area contributed by atoms with Crippen molar-refractivity contribution in [3.05, 3.63) is 97.6 Å². The topological polar surface area (TPSA) is 299 Å². The standard InChI is InChI=1S/C45H50FN9O11/c1-3-45(65)28-14-33-41-26(18-54(33)42(62)27(28)22-66-44(45)64)40-32(10-9-25-23(2)29(46)15-30(52-41)39(25)40)55(19-34(48)56)43(63)31(13-24-7-5-4-6-8-24)51-36(58)17-49-35(57)16-50-37(59)20-53(12-11-47)21-38(60)61/h4-8,14-15,31-32,65H,3,9-13,16-22,47H2,1-2H3,(H2,48,56)(H,49,57)(H,50,59)(H,51,58)(H,60,61)/t31-,32-,45-/m0/s1. The molecule has 3 atom stereocenters. The van der Waals surface area contributed by atoms with Gasteiger partial charge in [-0.1, -0.05) is 37.3 Å². The maximum atomic E-state index is 15.7. The summed E-state index contributed by atoms with van der Waals surface area (Å²) in [6.45, 7) is 0.413. The number of aliphatic carboxylic acids is 1. The lowest BCUT2D eigenvalue weighted by Crippen LogP contribution is -2.54. The Morgan fingerprint density at radius 3 is 2.39 bits per heavy atom. The number of fused-ring (bicyclic) bond motifs is 5. The van der Waals surface area contributed by atoms with Crippen LogP contribution in [0, 0.1) is 12.7 Å². The number of hydrogen-bond acceptors (Lipinski definition) is 13. The first-order chi connectivity index (χ1) is 31.4. The molecule has 0 fully saturated rings. The molecule has 7 rings (SSSR count). The number of cyclic esters (lactones) is 1. The van der Waals surface area contributed by atoms with E-state index in [0.29, 0.717) is 33.2 Å². The SMILES string of the molecule is CC[C@@]1(O)C(=O)OCc2c1cc1n(c2=O)Cc2c-1nc1cc(F)c(C)c3c1c2[C@@H](N(CC(N)=O)C(=O)[C@H](Cc1ccccc1)NC(=O)CNC(=O)CNC(=O)CN(CCN)CC(=O)O)CC3. The van der Waals surface area contributed by atoms with Crippen LogP contribution in [0.15, 0.2) is 47.3 Å². The summed E-state index contributed by atoms with van der Waals surface area (Å²) in [6.07, 6.45) is 0.248. The molecule has 0 unspecified atom stereocenters. The first-order valence-corrected chi connectivity index (χ1v) is 21.4. The van der Waals surface area contributed by atoms with Gasteiger partial charge in [0.2, 0.25) is 29.5 Å². The number of aryl methyl sites for hydroxylation is 1. The van der Waals surface area contributed by atoms with E-state index in [-0.39, 0.29) is 86.5 Å². The molecule has 21 heteroatoms. The number of esters is 1. The number of carboxylic acid groups (broad SMARTS) is 1. The van der Waals surface area contributed by atoms with Gasteiger partial charge in [0.1, 0.15) is 18.5 Å². The molecule has 4 aromatic rings. The Bertz CT molecular complexity index is 2730. The third kappa shape index (κ3) is 9.22. The van der Waals surface area contributed by atoms with Crippen LogP contribution in [0.2, 0.25) is 0 Å². The molecule has 348 valence electrons. The summed E-state index contributed by atoms with van der Waals surface area (Å²) >= 11 is 0. The molecule has 4 heterocycles. The van der Waals surface area contributed by atoms with Crippen LogP contribution in [0.3, 0.4) is 0 Å². The second kappa shape index (κ2) is 19.2. The van der Waals surface area contributed by atoms with Gasteiger partial charge in [0, 0.05) is 42.1 Å². The second-order valence-corrected chi connectivity index (χ2v) is 16.6. The Labute approximate surface area is 376 Å². The number of benzene rings is 2. The summed E-state index contributed by atoms with van der Waals surface area (Å²) in [5.74, 6) is -6.41. The molecule has 0 saturated carbocycles. The molecule has 1 aliphatic carbocycles. The van der Waals surface area contributed by atoms with Crippen LogP contribution in [0.1, 0.15) is 64.8 Å². The Balaban J connectivity index is 1.21. The average molecular weight is 912 g/mol. The molecule has 3 aliphatic rings. The molecular weight excluding hydrogens is 862 g/mol. The van der Waals surface area contributed by atoms with Crippen LogP contribution in [0.5, 0.6) is 0 Å². The van der Waals surface area contributed by atoms with E-state index in [4.69, 9.17) is 26.3 Å². The number of carboxylic acids is 1. The molecule has 20 nitrogen and oxygen atoms in total. The van der Waals surface area contributed by atoms with Crippen molar-refractivity contribution in [1.29, 1.82) is 0 Å². The molecule has 2 aromatic carbocycles. The Morgan fingerprint density at radius 2 is 1.71 bits per heavy atom. The zero-order valence-electron chi connectivity index (χ0n) is 36.3. The minimum atomic E-state index is -2.12. The fourth-order valence-electron chi connectivity index (χ4n) is 9.11. The minimum Gasteiger partial charge on any atom is -0.480 e. The van der Waals surface area contributed by atoms with Gasteiger partial charge in [-0.2, -0.15) is 0 Å². The van der Waals surface area contributed by atoms with Crippen molar-refractivity contribution in [3.8, 4) is 11.4 Å². The van der Waals surface area contributed by atoms with Gasteiger partial charge in [0.15, 0.2) is 5.60 Å². The van der Waals surface area contributed by atoms with Crippen molar-refractivity contribution in [2.75, 3.05) is 45.8 Å². The maximum Gasteiger partial charge on any atom is 0.343 e. The van der Waals surface area contributed by atoms with Crippen LogP contribution in [-0.2, 0) is 69.9 Å². The predicted molar refractivity (Wildman–Crippen MR) is 232 cm³/mol. The van der Waals surface area contributed by atoms with Gasteiger partial charge < -0.3 is 51.8 Å². The van der Waals surface area contributed by atoms with E-state index in [1.54, 1.807) is 44.2 Å². The van der Waals surface area contributed by atoms with Gasteiger partial charge >= 0.3 is 11.9 Å². The van der Waals surface area contributed by atoms with Gasteiger partial charge in [-0.25, -0.2) is 14.2 Å². The quantitative estimate of drug-likeness (QED) is 0.0527. The number of aromatic nitrogens is 2. The van der Waals surface area contributed by atoms with E-state index < -0.39 is 96.7 Å². The fraction of sp³-hybridized carbons (Fsp3) is 0.400. The van der Waals surface area contributed by atoms with Crippen LogP contribution >= 0.6 is 0 Å². The van der Waals surface area contributed by atoms with Gasteiger partial charge in [0.25, 0.3) is 5.56 Å². The summed E-state index contributed by atoms with van der Waals surface area (Å²) in [4.78, 5) is 112. The first-order valence-electron chi connectivity index (χ1n) is 21.4. The minimum absolute atomic E-state index is 0.0642. The third-order valence-electron chi connectivity index (χ3n) is 12.3. The lowest BCUT2D eigenvalue weighted by Gasteiger charge is -2.38. The number of rotatable bonds is 18. The Morgan fingerprint density at radius 1 is 1.00 bits per heavy atom. The summed E-state index contributed by atoms with van der Waals surface area (Å²) in [6, 6.07) is 9.22. The average Bonchev–Trinajstić information content (AvgIpc) is 3.65. The molecule has 9 N–H and O–H groups in total. The normalized spacial score (nSPS) is 17.2. The predicted octanol–water partition coefficient (Wildman–Crippen LogP) is -0.866. The molecule has 2 aromatic heterocycles. The second-order valence-electron chi connectivity index (χ2n) is 16.6.